The van der Waals surface area contributed by atoms with Crippen LogP contribution in [0.5, 0.6) is 0 Å². The summed E-state index contributed by atoms with van der Waals surface area (Å²) in [6, 6.07) is 1.75. The molecular weight excluding hydrogens is 224 g/mol. The molecule has 0 saturated carbocycles. The molecule has 0 aromatic carbocycles. The lowest BCUT2D eigenvalue weighted by atomic mass is 10.2. The molecule has 1 fully saturated rings. The molecule has 2 rings (SSSR count). The molecule has 1 aliphatic heterocycles. The normalized spacial score (nSPS) is 18.9. The molecule has 3 N–H and O–H groups in total. The molecule has 2 heterocycles. The zero-order chi connectivity index (χ0) is 12.3. The van der Waals surface area contributed by atoms with Gasteiger partial charge in [0, 0.05) is 13.2 Å². The van der Waals surface area contributed by atoms with E-state index in [9.17, 15) is 9.59 Å². The predicted octanol–water partition coefficient (Wildman–Crippen LogP) is -0.474. The number of ether oxygens (including phenoxy) is 1. The van der Waals surface area contributed by atoms with Gasteiger partial charge in [0.15, 0.2) is 5.56 Å². The number of nitriles is 1. The maximum absolute atomic E-state index is 11.3. The molecule has 0 aliphatic carbocycles. The van der Waals surface area contributed by atoms with Crippen molar-refractivity contribution in [1.29, 1.82) is 5.26 Å². The first-order valence-corrected chi connectivity index (χ1v) is 5.33. The monoisotopic (exact) mass is 236 g/mol. The van der Waals surface area contributed by atoms with Crippen molar-refractivity contribution in [2.45, 2.75) is 18.9 Å². The summed E-state index contributed by atoms with van der Waals surface area (Å²) >= 11 is 0. The number of aromatic amines is 2. The Morgan fingerprint density at radius 2 is 2.29 bits per heavy atom. The van der Waals surface area contributed by atoms with E-state index in [0.717, 1.165) is 19.4 Å². The lowest BCUT2D eigenvalue weighted by molar-refractivity contribution is 0.120. The van der Waals surface area contributed by atoms with Crippen LogP contribution in [0.25, 0.3) is 0 Å². The molecular formula is C10H12N4O3. The average molecular weight is 236 g/mol. The van der Waals surface area contributed by atoms with Crippen molar-refractivity contribution < 1.29 is 4.74 Å². The lowest BCUT2D eigenvalue weighted by Gasteiger charge is -2.11. The van der Waals surface area contributed by atoms with Crippen LogP contribution in [0, 0.1) is 11.3 Å². The Labute approximate surface area is 96.4 Å². The van der Waals surface area contributed by atoms with Crippen LogP contribution in [0.2, 0.25) is 0 Å². The van der Waals surface area contributed by atoms with E-state index < -0.39 is 11.2 Å². The number of rotatable bonds is 3. The second-order valence-corrected chi connectivity index (χ2v) is 3.79. The van der Waals surface area contributed by atoms with E-state index in [-0.39, 0.29) is 17.5 Å². The van der Waals surface area contributed by atoms with E-state index >= 15 is 0 Å². The van der Waals surface area contributed by atoms with Gasteiger partial charge in [-0.2, -0.15) is 5.26 Å². The van der Waals surface area contributed by atoms with Gasteiger partial charge in [0.25, 0.3) is 5.56 Å². The Morgan fingerprint density at radius 3 is 2.94 bits per heavy atom. The minimum atomic E-state index is -0.689. The van der Waals surface area contributed by atoms with Crippen molar-refractivity contribution in [1.82, 2.24) is 9.97 Å². The molecule has 1 aliphatic rings. The third-order valence-corrected chi connectivity index (χ3v) is 2.58. The number of hydrogen-bond acceptors (Lipinski definition) is 5. The topological polar surface area (TPSA) is 111 Å². The third-order valence-electron chi connectivity index (χ3n) is 2.58. The first kappa shape index (κ1) is 11.4. The molecule has 1 atom stereocenters. The van der Waals surface area contributed by atoms with Crippen LogP contribution < -0.4 is 16.6 Å². The van der Waals surface area contributed by atoms with E-state index in [1.54, 1.807) is 6.07 Å². The predicted molar refractivity (Wildman–Crippen MR) is 59.9 cm³/mol. The van der Waals surface area contributed by atoms with Crippen molar-refractivity contribution in [2.75, 3.05) is 18.5 Å². The second kappa shape index (κ2) is 4.84. The van der Waals surface area contributed by atoms with Gasteiger partial charge in [0.1, 0.15) is 11.9 Å². The maximum Gasteiger partial charge on any atom is 0.327 e. The lowest BCUT2D eigenvalue weighted by Crippen LogP contribution is -2.28. The summed E-state index contributed by atoms with van der Waals surface area (Å²) in [4.78, 5) is 26.8. The van der Waals surface area contributed by atoms with Crippen LogP contribution in [0.1, 0.15) is 18.4 Å². The molecule has 1 saturated heterocycles. The van der Waals surface area contributed by atoms with E-state index in [2.05, 4.69) is 10.3 Å². The van der Waals surface area contributed by atoms with E-state index in [0.29, 0.717) is 6.54 Å². The van der Waals surface area contributed by atoms with Gasteiger partial charge in [-0.25, -0.2) is 4.79 Å². The first-order valence-electron chi connectivity index (χ1n) is 5.33. The fourth-order valence-corrected chi connectivity index (χ4v) is 1.75. The highest BCUT2D eigenvalue weighted by Gasteiger charge is 2.16. The van der Waals surface area contributed by atoms with Crippen LogP contribution in [-0.4, -0.2) is 29.2 Å². The van der Waals surface area contributed by atoms with Crippen molar-refractivity contribution in [3.8, 4) is 6.07 Å². The van der Waals surface area contributed by atoms with Gasteiger partial charge in [-0.1, -0.05) is 0 Å². The summed E-state index contributed by atoms with van der Waals surface area (Å²) in [5, 5.41) is 11.7. The summed E-state index contributed by atoms with van der Waals surface area (Å²) in [5.74, 6) is 0.150. The Hall–Kier alpha value is -2.07. The summed E-state index contributed by atoms with van der Waals surface area (Å²) in [5.41, 5.74) is -1.45. The highest BCUT2D eigenvalue weighted by Crippen LogP contribution is 2.12. The zero-order valence-corrected chi connectivity index (χ0v) is 9.08. The van der Waals surface area contributed by atoms with Crippen LogP contribution in [-0.2, 0) is 4.74 Å². The Balaban J connectivity index is 2.17. The smallest absolute Gasteiger partial charge is 0.327 e. The number of aromatic nitrogens is 2. The average Bonchev–Trinajstić information content (AvgIpc) is 2.78. The Kier molecular flexibility index (Phi) is 3.25. The zero-order valence-electron chi connectivity index (χ0n) is 9.08. The van der Waals surface area contributed by atoms with E-state index in [4.69, 9.17) is 10.00 Å². The van der Waals surface area contributed by atoms with Crippen molar-refractivity contribution in [3.05, 3.63) is 26.4 Å². The van der Waals surface area contributed by atoms with Crippen LogP contribution in [0.3, 0.4) is 0 Å². The number of H-pyrrole nitrogens is 2. The molecule has 17 heavy (non-hydrogen) atoms. The van der Waals surface area contributed by atoms with E-state index in [1.807, 2.05) is 4.98 Å². The largest absolute Gasteiger partial charge is 0.376 e. The number of anilines is 1. The Bertz CT molecular complexity index is 548. The standard InChI is InChI=1S/C10H12N4O3/c11-4-7-8(13-10(16)14-9(7)15)12-5-6-2-1-3-17-6/h6H,1-3,5H2,(H3,12,13,14,15,16)/t6-/m1/s1. The fourth-order valence-electron chi connectivity index (χ4n) is 1.75. The van der Waals surface area contributed by atoms with Crippen molar-refractivity contribution in [2.24, 2.45) is 0 Å². The number of hydrogen-bond donors (Lipinski definition) is 3. The van der Waals surface area contributed by atoms with Gasteiger partial charge in [-0.3, -0.25) is 14.8 Å². The highest BCUT2D eigenvalue weighted by molar-refractivity contribution is 5.49. The van der Waals surface area contributed by atoms with Gasteiger partial charge < -0.3 is 10.1 Å². The molecule has 0 bridgehead atoms. The highest BCUT2D eigenvalue weighted by atomic mass is 16.5. The molecule has 7 heteroatoms. The second-order valence-electron chi connectivity index (χ2n) is 3.79. The Morgan fingerprint density at radius 1 is 1.47 bits per heavy atom. The minimum absolute atomic E-state index is 0.0596. The van der Waals surface area contributed by atoms with Gasteiger partial charge in [0.2, 0.25) is 0 Å². The fraction of sp³-hybridized carbons (Fsp3) is 0.500. The summed E-state index contributed by atoms with van der Waals surface area (Å²) in [6.07, 6.45) is 2.00. The summed E-state index contributed by atoms with van der Waals surface area (Å²) in [7, 11) is 0. The van der Waals surface area contributed by atoms with Crippen molar-refractivity contribution in [3.63, 3.8) is 0 Å². The summed E-state index contributed by atoms with van der Waals surface area (Å²) < 4.78 is 5.39. The minimum Gasteiger partial charge on any atom is -0.376 e. The van der Waals surface area contributed by atoms with Gasteiger partial charge in [-0.05, 0) is 12.8 Å². The molecule has 0 radical (unpaired) electrons. The molecule has 0 unspecified atom stereocenters. The maximum atomic E-state index is 11.3. The van der Waals surface area contributed by atoms with Crippen molar-refractivity contribution >= 4 is 5.82 Å². The SMILES string of the molecule is N#Cc1c(NC[C@H]2CCCO2)[nH]c(=O)[nH]c1=O. The number of nitrogens with zero attached hydrogens (tertiary/aromatic N) is 1. The number of nitrogens with one attached hydrogen (secondary N) is 3. The molecule has 0 amide bonds. The van der Waals surface area contributed by atoms with Gasteiger partial charge >= 0.3 is 5.69 Å². The molecule has 1 aromatic heterocycles. The first-order chi connectivity index (χ1) is 8.20. The molecule has 7 nitrogen and oxygen atoms in total. The van der Waals surface area contributed by atoms with Gasteiger partial charge in [-0.15, -0.1) is 0 Å². The molecule has 0 spiro atoms. The van der Waals surface area contributed by atoms with Crippen LogP contribution in [0.4, 0.5) is 5.82 Å². The third kappa shape index (κ3) is 2.54. The molecule has 1 aromatic rings. The van der Waals surface area contributed by atoms with Gasteiger partial charge in [0.05, 0.1) is 6.10 Å². The van der Waals surface area contributed by atoms with Crippen LogP contribution >= 0.6 is 0 Å². The molecule has 90 valence electrons. The summed E-state index contributed by atoms with van der Waals surface area (Å²) in [6.45, 7) is 1.19. The van der Waals surface area contributed by atoms with Crippen LogP contribution in [0.15, 0.2) is 9.59 Å². The van der Waals surface area contributed by atoms with E-state index in [1.165, 1.54) is 0 Å². The quantitative estimate of drug-likeness (QED) is 0.656.